The third-order valence-electron chi connectivity index (χ3n) is 3.20. The summed E-state index contributed by atoms with van der Waals surface area (Å²) in [4.78, 5) is 46.8. The van der Waals surface area contributed by atoms with Crippen molar-refractivity contribution in [2.45, 2.75) is 17.1 Å². The van der Waals surface area contributed by atoms with Gasteiger partial charge in [-0.05, 0) is 19.1 Å². The van der Waals surface area contributed by atoms with Crippen molar-refractivity contribution in [2.75, 3.05) is 18.8 Å². The highest BCUT2D eigenvalue weighted by molar-refractivity contribution is 8.14. The number of nitrogens with zero attached hydrogens (tertiary/aromatic N) is 2. The lowest BCUT2D eigenvalue weighted by Gasteiger charge is -2.15. The van der Waals surface area contributed by atoms with Crippen molar-refractivity contribution in [2.24, 2.45) is 0 Å². The van der Waals surface area contributed by atoms with E-state index in [4.69, 9.17) is 0 Å². The molecule has 24 heavy (non-hydrogen) atoms. The molecule has 3 amide bonds. The number of nitro groups is 1. The minimum atomic E-state index is -0.482. The quantitative estimate of drug-likeness (QED) is 0.444. The van der Waals surface area contributed by atoms with Crippen LogP contribution in [0.25, 0.3) is 0 Å². The number of non-ortho nitro benzene ring substituents is 1. The minimum Gasteiger partial charge on any atom is -0.353 e. The first-order valence-electron chi connectivity index (χ1n) is 7.04. The van der Waals surface area contributed by atoms with Crippen molar-refractivity contribution in [3.05, 3.63) is 34.4 Å². The van der Waals surface area contributed by atoms with E-state index >= 15 is 0 Å². The zero-order valence-electron chi connectivity index (χ0n) is 12.8. The molecule has 1 aliphatic rings. The molecule has 10 heteroatoms. The van der Waals surface area contributed by atoms with Crippen LogP contribution >= 0.6 is 23.5 Å². The Morgan fingerprint density at radius 2 is 2.08 bits per heavy atom. The smallest absolute Gasteiger partial charge is 0.288 e. The van der Waals surface area contributed by atoms with Crippen LogP contribution < -0.4 is 5.32 Å². The second kappa shape index (κ2) is 8.15. The van der Waals surface area contributed by atoms with Crippen LogP contribution in [-0.4, -0.2) is 51.0 Å². The molecule has 1 fully saturated rings. The Morgan fingerprint density at radius 3 is 2.62 bits per heavy atom. The summed E-state index contributed by atoms with van der Waals surface area (Å²) in [6, 6.07) is 5.95. The average molecular weight is 369 g/mol. The molecule has 0 aromatic heterocycles. The number of amides is 3. The van der Waals surface area contributed by atoms with E-state index in [-0.39, 0.29) is 41.6 Å². The highest BCUT2D eigenvalue weighted by Gasteiger charge is 2.29. The molecular formula is C14H15N3O5S2. The van der Waals surface area contributed by atoms with Gasteiger partial charge in [-0.2, -0.15) is 0 Å². The molecule has 0 radical (unpaired) electrons. The van der Waals surface area contributed by atoms with Crippen LogP contribution in [0, 0.1) is 10.1 Å². The summed E-state index contributed by atoms with van der Waals surface area (Å²) < 4.78 is 0. The lowest BCUT2D eigenvalue weighted by Crippen LogP contribution is -2.39. The van der Waals surface area contributed by atoms with Crippen LogP contribution in [-0.2, 0) is 9.59 Å². The van der Waals surface area contributed by atoms with Crippen LogP contribution in [0.2, 0.25) is 0 Å². The Bertz CT molecular complexity index is 649. The fourth-order valence-corrected chi connectivity index (χ4v) is 3.58. The number of hydrogen-bond acceptors (Lipinski definition) is 7. The van der Waals surface area contributed by atoms with Gasteiger partial charge in [0.25, 0.3) is 10.9 Å². The van der Waals surface area contributed by atoms with Gasteiger partial charge in [0, 0.05) is 30.1 Å². The number of hydrogen-bond donors (Lipinski definition) is 1. The maximum absolute atomic E-state index is 12.0. The number of benzene rings is 1. The minimum absolute atomic E-state index is 0.00530. The van der Waals surface area contributed by atoms with Crippen LogP contribution in [0.1, 0.15) is 6.92 Å². The van der Waals surface area contributed by atoms with E-state index < -0.39 is 10.2 Å². The van der Waals surface area contributed by atoms with Gasteiger partial charge >= 0.3 is 0 Å². The highest BCUT2D eigenvalue weighted by Crippen LogP contribution is 2.25. The van der Waals surface area contributed by atoms with Crippen molar-refractivity contribution in [3.8, 4) is 0 Å². The molecule has 1 saturated heterocycles. The molecule has 2 rings (SSSR count). The first kappa shape index (κ1) is 18.3. The van der Waals surface area contributed by atoms with E-state index in [9.17, 15) is 24.5 Å². The predicted octanol–water partition coefficient (Wildman–Crippen LogP) is 1.89. The van der Waals surface area contributed by atoms with Gasteiger partial charge in [-0.25, -0.2) is 0 Å². The summed E-state index contributed by atoms with van der Waals surface area (Å²) >= 11 is 2.23. The number of carbonyl (C=O) groups excluding carboxylic acids is 3. The molecule has 0 aliphatic carbocycles. The van der Waals surface area contributed by atoms with Gasteiger partial charge in [-0.3, -0.25) is 29.4 Å². The Balaban J connectivity index is 1.78. The molecule has 1 atom stereocenters. The maximum Gasteiger partial charge on any atom is 0.288 e. The molecule has 8 nitrogen and oxygen atoms in total. The average Bonchev–Trinajstić information content (AvgIpc) is 2.87. The zero-order valence-corrected chi connectivity index (χ0v) is 14.4. The van der Waals surface area contributed by atoms with Crippen molar-refractivity contribution >= 4 is 46.3 Å². The molecule has 1 aliphatic heterocycles. The summed E-state index contributed by atoms with van der Waals surface area (Å²) in [5.74, 6) is -0.322. The summed E-state index contributed by atoms with van der Waals surface area (Å²) in [6.07, 6.45) is 0. The van der Waals surface area contributed by atoms with Gasteiger partial charge in [-0.15, -0.1) is 11.8 Å². The monoisotopic (exact) mass is 369 g/mol. The van der Waals surface area contributed by atoms with Crippen molar-refractivity contribution in [3.63, 3.8) is 0 Å². The lowest BCUT2D eigenvalue weighted by molar-refractivity contribution is -0.384. The molecule has 1 unspecified atom stereocenters. The Morgan fingerprint density at radius 1 is 1.42 bits per heavy atom. The Hall–Kier alpha value is -2.07. The van der Waals surface area contributed by atoms with Gasteiger partial charge < -0.3 is 5.32 Å². The Kier molecular flexibility index (Phi) is 6.21. The summed E-state index contributed by atoms with van der Waals surface area (Å²) in [6.45, 7) is 2.07. The normalized spacial score (nSPS) is 15.5. The van der Waals surface area contributed by atoms with Gasteiger partial charge in [0.05, 0.1) is 15.9 Å². The van der Waals surface area contributed by atoms with Crippen LogP contribution in [0.15, 0.2) is 29.2 Å². The Labute approximate surface area is 146 Å². The first-order valence-corrected chi connectivity index (χ1v) is 8.91. The molecule has 1 N–H and O–H groups in total. The van der Waals surface area contributed by atoms with E-state index in [1.807, 2.05) is 0 Å². The van der Waals surface area contributed by atoms with Gasteiger partial charge in [0.15, 0.2) is 0 Å². The maximum atomic E-state index is 12.0. The molecule has 1 aromatic carbocycles. The molecule has 0 saturated carbocycles. The van der Waals surface area contributed by atoms with E-state index in [0.29, 0.717) is 0 Å². The fourth-order valence-electron chi connectivity index (χ4n) is 1.94. The number of nitro benzene ring substituents is 1. The molecular weight excluding hydrogens is 354 g/mol. The number of carbonyl (C=O) groups is 3. The van der Waals surface area contributed by atoms with Crippen molar-refractivity contribution in [1.82, 2.24) is 10.2 Å². The standard InChI is InChI=1S/C14H15N3O5S2/c1-9(24-11-4-2-10(3-5-11)17(21)22)13(19)15-6-7-16-12(18)8-23-14(16)20/h2-5,9H,6-8H2,1H3,(H,15,19). The van der Waals surface area contributed by atoms with Crippen molar-refractivity contribution < 1.29 is 19.3 Å². The zero-order chi connectivity index (χ0) is 17.7. The number of nitrogens with one attached hydrogen (secondary N) is 1. The number of rotatable bonds is 7. The van der Waals surface area contributed by atoms with Gasteiger partial charge in [0.2, 0.25) is 11.8 Å². The van der Waals surface area contributed by atoms with Crippen LogP contribution in [0.4, 0.5) is 10.5 Å². The second-order valence-electron chi connectivity index (χ2n) is 4.90. The molecule has 128 valence electrons. The summed E-state index contributed by atoms with van der Waals surface area (Å²) in [5.41, 5.74) is -0.00530. The molecule has 1 heterocycles. The molecule has 1 aromatic rings. The molecule has 0 spiro atoms. The highest BCUT2D eigenvalue weighted by atomic mass is 32.2. The largest absolute Gasteiger partial charge is 0.353 e. The first-order chi connectivity index (χ1) is 11.4. The van der Waals surface area contributed by atoms with Gasteiger partial charge in [-0.1, -0.05) is 11.8 Å². The number of imide groups is 1. The van der Waals surface area contributed by atoms with E-state index in [0.717, 1.165) is 21.6 Å². The van der Waals surface area contributed by atoms with Gasteiger partial charge in [0.1, 0.15) is 0 Å². The van der Waals surface area contributed by atoms with Crippen LogP contribution in [0.3, 0.4) is 0 Å². The summed E-state index contributed by atoms with van der Waals surface area (Å²) in [5, 5.41) is 12.6. The predicted molar refractivity (Wildman–Crippen MR) is 91.0 cm³/mol. The van der Waals surface area contributed by atoms with E-state index in [1.165, 1.54) is 23.9 Å². The second-order valence-corrected chi connectivity index (χ2v) is 7.24. The third kappa shape index (κ3) is 4.71. The van der Waals surface area contributed by atoms with E-state index in [1.54, 1.807) is 19.1 Å². The molecule has 0 bridgehead atoms. The van der Waals surface area contributed by atoms with E-state index in [2.05, 4.69) is 5.32 Å². The fraction of sp³-hybridized carbons (Fsp3) is 0.357. The topological polar surface area (TPSA) is 110 Å². The lowest BCUT2D eigenvalue weighted by atomic mass is 10.3. The third-order valence-corrected chi connectivity index (χ3v) is 5.18. The number of thioether (sulfide) groups is 2. The van der Waals surface area contributed by atoms with Crippen LogP contribution in [0.5, 0.6) is 0 Å². The summed E-state index contributed by atoms with van der Waals surface area (Å²) in [7, 11) is 0. The SMILES string of the molecule is CC(Sc1ccc([N+](=O)[O-])cc1)C(=O)NCCN1C(=O)CSC1=O. The van der Waals surface area contributed by atoms with Crippen molar-refractivity contribution in [1.29, 1.82) is 0 Å².